The van der Waals surface area contributed by atoms with Crippen molar-refractivity contribution >= 4 is 29.5 Å². The number of ketones is 2. The van der Waals surface area contributed by atoms with Crippen LogP contribution in [0.2, 0.25) is 0 Å². The van der Waals surface area contributed by atoms with Crippen LogP contribution < -0.4 is 22.1 Å². The molecule has 0 aromatic heterocycles. The number of hydrogen-bond acceptors (Lipinski definition) is 7. The van der Waals surface area contributed by atoms with E-state index in [1.165, 1.54) is 0 Å². The minimum atomic E-state index is -1.21. The Morgan fingerprint density at radius 1 is 1.12 bits per heavy atom. The molecule has 10 nitrogen and oxygen atoms in total. The van der Waals surface area contributed by atoms with E-state index in [4.69, 9.17) is 16.2 Å². The lowest BCUT2D eigenvalue weighted by atomic mass is 10.1. The van der Waals surface area contributed by atoms with Gasteiger partial charge in [-0.3, -0.25) is 19.2 Å². The fourth-order valence-corrected chi connectivity index (χ4v) is 1.69. The molecule has 0 unspecified atom stereocenters. The molecule has 0 spiro atoms. The van der Waals surface area contributed by atoms with Crippen LogP contribution in [0.5, 0.6) is 0 Å². The van der Waals surface area contributed by atoms with E-state index in [1.54, 1.807) is 27.7 Å². The van der Waals surface area contributed by atoms with E-state index in [9.17, 15) is 24.0 Å². The van der Waals surface area contributed by atoms with Gasteiger partial charge in [0.15, 0.2) is 0 Å². The number of carbonyl (C=O) groups excluding carboxylic acids is 5. The zero-order valence-electron chi connectivity index (χ0n) is 14.9. The van der Waals surface area contributed by atoms with Crippen molar-refractivity contribution in [1.82, 2.24) is 10.6 Å². The van der Waals surface area contributed by atoms with E-state index >= 15 is 0 Å². The number of hydrogen-bond donors (Lipinski definition) is 4. The highest BCUT2D eigenvalue weighted by Crippen LogP contribution is 2.07. The van der Waals surface area contributed by atoms with Crippen molar-refractivity contribution in [3.8, 4) is 0 Å². The lowest BCUT2D eigenvalue weighted by Gasteiger charge is -2.22. The van der Waals surface area contributed by atoms with Crippen LogP contribution in [0.4, 0.5) is 4.79 Å². The third kappa shape index (κ3) is 9.40. The van der Waals surface area contributed by atoms with Crippen LogP contribution in [0.3, 0.4) is 0 Å². The number of nitrogens with two attached hydrogens (primary N) is 2. The maximum Gasteiger partial charge on any atom is 0.408 e. The van der Waals surface area contributed by atoms with Gasteiger partial charge in [0.2, 0.25) is 23.4 Å². The predicted octanol–water partition coefficient (Wildman–Crippen LogP) is -1.25. The minimum absolute atomic E-state index is 0.166. The van der Waals surface area contributed by atoms with Gasteiger partial charge < -0.3 is 26.8 Å². The first-order chi connectivity index (χ1) is 11.4. The van der Waals surface area contributed by atoms with Crippen molar-refractivity contribution < 1.29 is 28.7 Å². The molecule has 0 aliphatic rings. The molecule has 25 heavy (non-hydrogen) atoms. The zero-order chi connectivity index (χ0) is 19.8. The van der Waals surface area contributed by atoms with Crippen molar-refractivity contribution in [2.45, 2.75) is 58.2 Å². The molecular formula is C15H26N4O6. The van der Waals surface area contributed by atoms with Crippen molar-refractivity contribution in [2.75, 3.05) is 6.54 Å². The van der Waals surface area contributed by atoms with Crippen LogP contribution in [0.25, 0.3) is 0 Å². The van der Waals surface area contributed by atoms with E-state index in [1.807, 2.05) is 0 Å². The highest BCUT2D eigenvalue weighted by atomic mass is 16.6. The van der Waals surface area contributed by atoms with Gasteiger partial charge in [-0.25, -0.2) is 4.79 Å². The number of alkyl carbamates (subject to hydrolysis) is 1. The number of nitrogens with one attached hydrogen (secondary N) is 2. The molecule has 142 valence electrons. The van der Waals surface area contributed by atoms with Gasteiger partial charge in [-0.1, -0.05) is 6.92 Å². The predicted molar refractivity (Wildman–Crippen MR) is 88.3 cm³/mol. The molecule has 0 rings (SSSR count). The zero-order valence-corrected chi connectivity index (χ0v) is 14.9. The van der Waals surface area contributed by atoms with Gasteiger partial charge in [-0.15, -0.1) is 0 Å². The molecule has 0 saturated carbocycles. The fourth-order valence-electron chi connectivity index (χ4n) is 1.69. The van der Waals surface area contributed by atoms with E-state index in [0.717, 1.165) is 0 Å². The number of amides is 3. The molecule has 0 aliphatic heterocycles. The topological polar surface area (TPSA) is 171 Å². The van der Waals surface area contributed by atoms with Crippen molar-refractivity contribution in [3.05, 3.63) is 0 Å². The van der Waals surface area contributed by atoms with Crippen LogP contribution in [-0.2, 0) is 23.9 Å². The standard InChI is InChI=1S/C15H26N4O6/c1-5-9(19-14(24)25-15(2,3)4)12(22)10(20)7-18-13(23)8(16)6-11(17)21/h8-9H,5-7,16H2,1-4H3,(H2,17,21)(H,18,23)(H,19,24)/t8-,9-/m0/s1. The Balaban J connectivity index is 4.59. The molecule has 0 aromatic carbocycles. The summed E-state index contributed by atoms with van der Waals surface area (Å²) in [5.41, 5.74) is 9.57. The highest BCUT2D eigenvalue weighted by Gasteiger charge is 2.28. The third-order valence-corrected chi connectivity index (χ3v) is 2.87. The molecule has 2 atom stereocenters. The van der Waals surface area contributed by atoms with E-state index in [0.29, 0.717) is 0 Å². The summed E-state index contributed by atoms with van der Waals surface area (Å²) in [5.74, 6) is -3.34. The minimum Gasteiger partial charge on any atom is -0.444 e. The van der Waals surface area contributed by atoms with Crippen molar-refractivity contribution in [1.29, 1.82) is 0 Å². The first-order valence-corrected chi connectivity index (χ1v) is 7.75. The molecule has 10 heteroatoms. The first kappa shape index (κ1) is 22.5. The van der Waals surface area contributed by atoms with Gasteiger partial charge in [0, 0.05) is 0 Å². The number of rotatable bonds is 9. The fraction of sp³-hybridized carbons (Fsp3) is 0.667. The van der Waals surface area contributed by atoms with Crippen LogP contribution in [0.1, 0.15) is 40.5 Å². The molecular weight excluding hydrogens is 332 g/mol. The van der Waals surface area contributed by atoms with E-state index < -0.39 is 53.7 Å². The van der Waals surface area contributed by atoms with E-state index in [-0.39, 0.29) is 12.8 Å². The Labute approximate surface area is 146 Å². The SMILES string of the molecule is CC[C@H](NC(=O)OC(C)(C)C)C(=O)C(=O)CNC(=O)[C@@H](N)CC(N)=O. The Hall–Kier alpha value is -2.49. The Bertz CT molecular complexity index is 541. The van der Waals surface area contributed by atoms with Gasteiger partial charge in [-0.2, -0.15) is 0 Å². The Kier molecular flexibility index (Phi) is 8.75. The second-order valence-electron chi connectivity index (χ2n) is 6.39. The molecule has 0 bridgehead atoms. The molecule has 0 saturated heterocycles. The summed E-state index contributed by atoms with van der Waals surface area (Å²) < 4.78 is 5.02. The lowest BCUT2D eigenvalue weighted by Crippen LogP contribution is -2.49. The summed E-state index contributed by atoms with van der Waals surface area (Å²) in [5, 5.41) is 4.46. The monoisotopic (exact) mass is 358 g/mol. The highest BCUT2D eigenvalue weighted by molar-refractivity contribution is 6.40. The Morgan fingerprint density at radius 2 is 1.68 bits per heavy atom. The Morgan fingerprint density at radius 3 is 2.12 bits per heavy atom. The van der Waals surface area contributed by atoms with Crippen molar-refractivity contribution in [3.63, 3.8) is 0 Å². The smallest absolute Gasteiger partial charge is 0.408 e. The molecule has 0 aromatic rings. The molecule has 0 radical (unpaired) electrons. The average molecular weight is 358 g/mol. The van der Waals surface area contributed by atoms with Gasteiger partial charge >= 0.3 is 6.09 Å². The largest absolute Gasteiger partial charge is 0.444 e. The number of carbonyl (C=O) groups is 5. The summed E-state index contributed by atoms with van der Waals surface area (Å²) in [6, 6.07) is -2.28. The summed E-state index contributed by atoms with van der Waals surface area (Å²) in [6.07, 6.45) is -1.04. The molecule has 0 fully saturated rings. The second-order valence-corrected chi connectivity index (χ2v) is 6.39. The number of Topliss-reactive ketones (excluding diaryl/α,β-unsaturated/α-hetero) is 2. The lowest BCUT2D eigenvalue weighted by molar-refractivity contribution is -0.138. The number of ether oxygens (including phenoxy) is 1. The molecule has 3 amide bonds. The third-order valence-electron chi connectivity index (χ3n) is 2.87. The number of primary amides is 1. The van der Waals surface area contributed by atoms with Gasteiger partial charge in [0.1, 0.15) is 5.60 Å². The molecule has 0 aliphatic carbocycles. The quantitative estimate of drug-likeness (QED) is 0.373. The van der Waals surface area contributed by atoms with Crippen molar-refractivity contribution in [2.24, 2.45) is 11.5 Å². The maximum absolute atomic E-state index is 12.1. The molecule has 0 heterocycles. The summed E-state index contributed by atoms with van der Waals surface area (Å²) in [6.45, 7) is 5.98. The summed E-state index contributed by atoms with van der Waals surface area (Å²) >= 11 is 0. The van der Waals surface area contributed by atoms with Crippen LogP contribution in [0.15, 0.2) is 0 Å². The van der Waals surface area contributed by atoms with Gasteiger partial charge in [0.05, 0.1) is 25.0 Å². The first-order valence-electron chi connectivity index (χ1n) is 7.75. The van der Waals surface area contributed by atoms with Gasteiger partial charge in [0.25, 0.3) is 0 Å². The van der Waals surface area contributed by atoms with Crippen LogP contribution in [-0.4, -0.2) is 53.7 Å². The maximum atomic E-state index is 12.1. The second kappa shape index (κ2) is 9.72. The normalized spacial score (nSPS) is 13.3. The van der Waals surface area contributed by atoms with E-state index in [2.05, 4.69) is 10.6 Å². The van der Waals surface area contributed by atoms with Gasteiger partial charge in [-0.05, 0) is 27.2 Å². The summed E-state index contributed by atoms with van der Waals surface area (Å²) in [4.78, 5) is 57.9. The van der Waals surface area contributed by atoms with Crippen LogP contribution >= 0.6 is 0 Å². The summed E-state index contributed by atoms with van der Waals surface area (Å²) in [7, 11) is 0. The molecule has 6 N–H and O–H groups in total. The van der Waals surface area contributed by atoms with Crippen LogP contribution in [0, 0.1) is 0 Å². The average Bonchev–Trinajstić information content (AvgIpc) is 2.46.